The monoisotopic (exact) mass is 738 g/mol. The molecule has 278 valence electrons. The SMILES string of the molecule is C[C@H](/C=C/CC(=O)N(CCO)Cc1ccccc1)[C@@]1(O)C(=O)N(Cc2ccc(N3C(=O)c4ccccc4Oc4ccccc43)cc2)c2ccc([N+](=O)[O-])cc21. The number of benzene rings is 5. The van der Waals surface area contributed by atoms with Crippen molar-refractivity contribution < 1.29 is 34.3 Å². The van der Waals surface area contributed by atoms with Gasteiger partial charge >= 0.3 is 0 Å². The molecule has 12 nitrogen and oxygen atoms in total. The van der Waals surface area contributed by atoms with Crippen LogP contribution < -0.4 is 14.5 Å². The van der Waals surface area contributed by atoms with E-state index in [1.807, 2.05) is 42.5 Å². The average molecular weight is 739 g/mol. The molecule has 2 atom stereocenters. The third-order valence-corrected chi connectivity index (χ3v) is 9.96. The van der Waals surface area contributed by atoms with Gasteiger partial charge in [-0.1, -0.05) is 85.8 Å². The van der Waals surface area contributed by atoms with E-state index in [-0.39, 0.29) is 49.2 Å². The number of hydrogen-bond acceptors (Lipinski definition) is 8. The van der Waals surface area contributed by atoms with Crippen LogP contribution in [0.4, 0.5) is 22.7 Å². The van der Waals surface area contributed by atoms with Gasteiger partial charge in [0.05, 0.1) is 35.0 Å². The maximum atomic E-state index is 14.3. The van der Waals surface area contributed by atoms with E-state index in [0.717, 1.165) is 5.56 Å². The van der Waals surface area contributed by atoms with Gasteiger partial charge in [0.25, 0.3) is 17.5 Å². The fraction of sp³-hybridized carbons (Fsp3) is 0.186. The number of nitrogens with zero attached hydrogens (tertiary/aromatic N) is 4. The van der Waals surface area contributed by atoms with E-state index in [1.165, 1.54) is 28.0 Å². The van der Waals surface area contributed by atoms with E-state index in [2.05, 4.69) is 0 Å². The molecule has 0 spiro atoms. The summed E-state index contributed by atoms with van der Waals surface area (Å²) >= 11 is 0. The Morgan fingerprint density at radius 2 is 1.58 bits per heavy atom. The molecule has 0 radical (unpaired) electrons. The van der Waals surface area contributed by atoms with Gasteiger partial charge in [0, 0.05) is 48.8 Å². The Bertz CT molecular complexity index is 2290. The Balaban J connectivity index is 1.13. The number of aliphatic hydroxyl groups excluding tert-OH is 1. The third kappa shape index (κ3) is 7.08. The molecule has 0 fully saturated rings. The number of nitro benzene ring substituents is 1. The third-order valence-electron chi connectivity index (χ3n) is 9.96. The smallest absolute Gasteiger partial charge is 0.269 e. The molecule has 3 amide bonds. The zero-order valence-electron chi connectivity index (χ0n) is 29.9. The molecule has 5 aromatic carbocycles. The highest BCUT2D eigenvalue weighted by atomic mass is 16.6. The first-order valence-electron chi connectivity index (χ1n) is 17.8. The molecule has 2 heterocycles. The number of fused-ring (bicyclic) bond motifs is 3. The van der Waals surface area contributed by atoms with Crippen LogP contribution in [0.2, 0.25) is 0 Å². The Kier molecular flexibility index (Phi) is 10.3. The fourth-order valence-corrected chi connectivity index (χ4v) is 7.06. The molecule has 0 unspecified atom stereocenters. The van der Waals surface area contributed by atoms with Crippen molar-refractivity contribution in [3.63, 3.8) is 0 Å². The molecule has 7 rings (SSSR count). The quantitative estimate of drug-likeness (QED) is 0.0787. The molecule has 55 heavy (non-hydrogen) atoms. The lowest BCUT2D eigenvalue weighted by Gasteiger charge is -2.28. The van der Waals surface area contributed by atoms with Gasteiger partial charge in [-0.15, -0.1) is 0 Å². The van der Waals surface area contributed by atoms with Crippen LogP contribution in [0.25, 0.3) is 0 Å². The van der Waals surface area contributed by atoms with Crippen molar-refractivity contribution in [3.05, 3.63) is 166 Å². The number of aliphatic hydroxyl groups is 2. The normalized spacial score (nSPS) is 16.6. The molecule has 12 heteroatoms. The standard InChI is InChI=1S/C43H38N4O8/c1-29(10-9-17-40(49)44(24-25-48)27-30-11-3-2-4-12-30)43(52)35-26-33(47(53)54)22-23-36(35)45(42(43)51)28-31-18-20-32(21-19-31)46-37-14-6-8-16-39(37)55-38-15-7-5-13-34(38)41(46)50/h2-16,18-23,26,29,48,52H,17,24-25,27-28H2,1H3/b10-9+/t29-,43+/m1/s1. The van der Waals surface area contributed by atoms with Gasteiger partial charge in [-0.05, 0) is 53.6 Å². The molecule has 5 aromatic rings. The zero-order valence-corrected chi connectivity index (χ0v) is 29.9. The maximum absolute atomic E-state index is 14.3. The van der Waals surface area contributed by atoms with Crippen LogP contribution in [-0.4, -0.2) is 50.9 Å². The van der Waals surface area contributed by atoms with E-state index in [9.17, 15) is 34.7 Å². The summed E-state index contributed by atoms with van der Waals surface area (Å²) in [4.78, 5) is 57.0. The van der Waals surface area contributed by atoms with Crippen molar-refractivity contribution in [2.45, 2.75) is 32.0 Å². The van der Waals surface area contributed by atoms with Crippen LogP contribution in [0, 0.1) is 16.0 Å². The van der Waals surface area contributed by atoms with E-state index in [4.69, 9.17) is 4.74 Å². The van der Waals surface area contributed by atoms with Crippen molar-refractivity contribution in [2.24, 2.45) is 5.92 Å². The van der Waals surface area contributed by atoms with Crippen LogP contribution in [0.1, 0.15) is 40.4 Å². The van der Waals surface area contributed by atoms with Gasteiger partial charge in [0.2, 0.25) is 5.91 Å². The molecule has 0 saturated carbocycles. The number of ether oxygens (including phenoxy) is 1. The number of para-hydroxylation sites is 3. The van der Waals surface area contributed by atoms with E-state index < -0.39 is 22.3 Å². The van der Waals surface area contributed by atoms with Crippen LogP contribution in [0.3, 0.4) is 0 Å². The Labute approximate surface area is 317 Å². The number of carbonyl (C=O) groups excluding carboxylic acids is 3. The maximum Gasteiger partial charge on any atom is 0.269 e. The second-order valence-corrected chi connectivity index (χ2v) is 13.4. The Morgan fingerprint density at radius 3 is 2.31 bits per heavy atom. The summed E-state index contributed by atoms with van der Waals surface area (Å²) in [5.74, 6) is -1.13. The summed E-state index contributed by atoms with van der Waals surface area (Å²) in [5.41, 5.74) is 1.06. The second kappa shape index (κ2) is 15.4. The molecular formula is C43H38N4O8. The van der Waals surface area contributed by atoms with Gasteiger partial charge in [0.15, 0.2) is 11.4 Å². The van der Waals surface area contributed by atoms with Gasteiger partial charge in [0.1, 0.15) is 5.75 Å². The van der Waals surface area contributed by atoms with Crippen molar-refractivity contribution in [3.8, 4) is 11.5 Å². The van der Waals surface area contributed by atoms with Gasteiger partial charge in [-0.2, -0.15) is 0 Å². The first-order chi connectivity index (χ1) is 26.6. The summed E-state index contributed by atoms with van der Waals surface area (Å²) in [6.45, 7) is 1.87. The van der Waals surface area contributed by atoms with Gasteiger partial charge in [-0.3, -0.25) is 29.4 Å². The van der Waals surface area contributed by atoms with Crippen LogP contribution >= 0.6 is 0 Å². The van der Waals surface area contributed by atoms with Crippen LogP contribution in [0.5, 0.6) is 11.5 Å². The van der Waals surface area contributed by atoms with Crippen molar-refractivity contribution >= 4 is 40.5 Å². The van der Waals surface area contributed by atoms with Crippen molar-refractivity contribution in [1.82, 2.24) is 4.90 Å². The molecule has 2 N–H and O–H groups in total. The van der Waals surface area contributed by atoms with Gasteiger partial charge in [-0.25, -0.2) is 0 Å². The number of anilines is 3. The summed E-state index contributed by atoms with van der Waals surface area (Å²) in [7, 11) is 0. The second-order valence-electron chi connectivity index (χ2n) is 13.4. The molecular weight excluding hydrogens is 700 g/mol. The lowest BCUT2D eigenvalue weighted by atomic mass is 9.82. The Hall–Kier alpha value is -6.63. The van der Waals surface area contributed by atoms with E-state index in [1.54, 1.807) is 84.6 Å². The predicted octanol–water partition coefficient (Wildman–Crippen LogP) is 7.02. The molecule has 0 bridgehead atoms. The molecule has 0 saturated heterocycles. The predicted molar refractivity (Wildman–Crippen MR) is 206 cm³/mol. The van der Waals surface area contributed by atoms with Gasteiger partial charge < -0.3 is 24.7 Å². The number of hydrogen-bond donors (Lipinski definition) is 2. The number of amides is 3. The molecule has 0 aliphatic carbocycles. The largest absolute Gasteiger partial charge is 0.454 e. The first-order valence-corrected chi connectivity index (χ1v) is 17.8. The summed E-state index contributed by atoms with van der Waals surface area (Å²) < 4.78 is 6.12. The van der Waals surface area contributed by atoms with Crippen LogP contribution in [-0.2, 0) is 28.3 Å². The highest BCUT2D eigenvalue weighted by Crippen LogP contribution is 2.47. The number of rotatable bonds is 12. The minimum Gasteiger partial charge on any atom is -0.454 e. The summed E-state index contributed by atoms with van der Waals surface area (Å²) in [5, 5.41) is 33.6. The fourth-order valence-electron chi connectivity index (χ4n) is 7.06. The average Bonchev–Trinajstić information content (AvgIpc) is 3.32. The molecule has 2 aliphatic rings. The Morgan fingerprint density at radius 1 is 0.891 bits per heavy atom. The van der Waals surface area contributed by atoms with E-state index in [0.29, 0.717) is 46.2 Å². The van der Waals surface area contributed by atoms with Crippen molar-refractivity contribution in [1.29, 1.82) is 0 Å². The topological polar surface area (TPSA) is 154 Å². The minimum atomic E-state index is -2.18. The highest BCUT2D eigenvalue weighted by molar-refractivity contribution is 6.14. The number of non-ortho nitro benzene ring substituents is 1. The van der Waals surface area contributed by atoms with Crippen LogP contribution in [0.15, 0.2) is 133 Å². The molecule has 0 aromatic heterocycles. The number of nitro groups is 1. The summed E-state index contributed by atoms with van der Waals surface area (Å²) in [6, 6.07) is 34.7. The van der Waals surface area contributed by atoms with E-state index >= 15 is 0 Å². The van der Waals surface area contributed by atoms with Crippen molar-refractivity contribution in [2.75, 3.05) is 23.0 Å². The highest BCUT2D eigenvalue weighted by Gasteiger charge is 2.53. The lowest BCUT2D eigenvalue weighted by Crippen LogP contribution is -2.44. The minimum absolute atomic E-state index is 0.0211. The zero-order chi connectivity index (χ0) is 38.7. The lowest BCUT2D eigenvalue weighted by molar-refractivity contribution is -0.385. The number of carbonyl (C=O) groups is 3. The first kappa shape index (κ1) is 36.7. The summed E-state index contributed by atoms with van der Waals surface area (Å²) in [6.07, 6.45) is 3.08. The molecule has 2 aliphatic heterocycles.